The lowest BCUT2D eigenvalue weighted by molar-refractivity contribution is 0.159. The van der Waals surface area contributed by atoms with Crippen LogP contribution in [-0.2, 0) is 0 Å². The van der Waals surface area contributed by atoms with Gasteiger partial charge in [-0.2, -0.15) is 0 Å². The SMILES string of the molecule is CCNCC(O)CNC(C)(C)C. The van der Waals surface area contributed by atoms with E-state index in [4.69, 9.17) is 0 Å². The minimum Gasteiger partial charge on any atom is -0.390 e. The van der Waals surface area contributed by atoms with E-state index in [1.54, 1.807) is 0 Å². The van der Waals surface area contributed by atoms with Crippen molar-refractivity contribution in [3.05, 3.63) is 0 Å². The molecule has 3 heteroatoms. The number of likely N-dealkylation sites (N-methyl/N-ethyl adjacent to an activating group) is 1. The maximum absolute atomic E-state index is 9.42. The molecule has 0 aliphatic heterocycles. The molecule has 0 radical (unpaired) electrons. The average Bonchev–Trinajstić information content (AvgIpc) is 1.95. The molecule has 0 aliphatic rings. The van der Waals surface area contributed by atoms with E-state index < -0.39 is 0 Å². The van der Waals surface area contributed by atoms with Crippen molar-refractivity contribution in [3.63, 3.8) is 0 Å². The van der Waals surface area contributed by atoms with Crippen LogP contribution in [0.15, 0.2) is 0 Å². The van der Waals surface area contributed by atoms with Crippen LogP contribution in [0.2, 0.25) is 0 Å². The molecule has 0 saturated carbocycles. The van der Waals surface area contributed by atoms with Gasteiger partial charge in [-0.3, -0.25) is 0 Å². The summed E-state index contributed by atoms with van der Waals surface area (Å²) in [5.41, 5.74) is 0.0905. The summed E-state index contributed by atoms with van der Waals surface area (Å²) < 4.78 is 0. The predicted molar refractivity (Wildman–Crippen MR) is 52.3 cm³/mol. The Kier molecular flexibility index (Phi) is 5.46. The lowest BCUT2D eigenvalue weighted by Gasteiger charge is -2.22. The molecule has 3 nitrogen and oxygen atoms in total. The van der Waals surface area contributed by atoms with Crippen molar-refractivity contribution in [1.29, 1.82) is 0 Å². The lowest BCUT2D eigenvalue weighted by atomic mass is 10.1. The third-order valence-corrected chi connectivity index (χ3v) is 1.50. The van der Waals surface area contributed by atoms with Crippen LogP contribution in [0.4, 0.5) is 0 Å². The van der Waals surface area contributed by atoms with Crippen molar-refractivity contribution < 1.29 is 5.11 Å². The van der Waals surface area contributed by atoms with Crippen molar-refractivity contribution in [3.8, 4) is 0 Å². The second-order valence-corrected chi connectivity index (χ2v) is 4.09. The Bertz CT molecular complexity index is 110. The van der Waals surface area contributed by atoms with Gasteiger partial charge in [-0.25, -0.2) is 0 Å². The molecule has 1 atom stereocenters. The molecule has 74 valence electrons. The van der Waals surface area contributed by atoms with E-state index in [1.165, 1.54) is 0 Å². The van der Waals surface area contributed by atoms with Gasteiger partial charge in [0.05, 0.1) is 6.10 Å². The summed E-state index contributed by atoms with van der Waals surface area (Å²) in [5, 5.41) is 15.8. The molecule has 0 aromatic carbocycles. The van der Waals surface area contributed by atoms with E-state index in [2.05, 4.69) is 31.4 Å². The fourth-order valence-corrected chi connectivity index (χ4v) is 0.807. The van der Waals surface area contributed by atoms with Crippen LogP contribution in [0.5, 0.6) is 0 Å². The summed E-state index contributed by atoms with van der Waals surface area (Å²) in [6.07, 6.45) is -0.288. The molecule has 0 amide bonds. The van der Waals surface area contributed by atoms with Gasteiger partial charge in [-0.05, 0) is 27.3 Å². The minimum absolute atomic E-state index is 0.0905. The van der Waals surface area contributed by atoms with Crippen LogP contribution in [0.1, 0.15) is 27.7 Å². The van der Waals surface area contributed by atoms with Crippen molar-refractivity contribution in [2.75, 3.05) is 19.6 Å². The highest BCUT2D eigenvalue weighted by atomic mass is 16.3. The quantitative estimate of drug-likeness (QED) is 0.563. The summed E-state index contributed by atoms with van der Waals surface area (Å²) in [4.78, 5) is 0. The van der Waals surface area contributed by atoms with Crippen molar-refractivity contribution in [2.45, 2.75) is 39.3 Å². The minimum atomic E-state index is -0.288. The standard InChI is InChI=1S/C9H22N2O/c1-5-10-6-8(12)7-11-9(2,3)4/h8,10-12H,5-7H2,1-4H3. The largest absolute Gasteiger partial charge is 0.390 e. The van der Waals surface area contributed by atoms with Crippen LogP contribution in [-0.4, -0.2) is 36.4 Å². The molecule has 0 heterocycles. The van der Waals surface area contributed by atoms with Gasteiger partial charge in [-0.15, -0.1) is 0 Å². The molecule has 0 bridgehead atoms. The fourth-order valence-electron chi connectivity index (χ4n) is 0.807. The Morgan fingerprint density at radius 2 is 1.83 bits per heavy atom. The number of rotatable bonds is 5. The molecule has 0 rings (SSSR count). The Labute approximate surface area is 75.6 Å². The van der Waals surface area contributed by atoms with Gasteiger partial charge in [0.1, 0.15) is 0 Å². The highest BCUT2D eigenvalue weighted by Gasteiger charge is 2.11. The molecule has 0 aromatic heterocycles. The highest BCUT2D eigenvalue weighted by Crippen LogP contribution is 1.97. The number of hydrogen-bond donors (Lipinski definition) is 3. The van der Waals surface area contributed by atoms with E-state index in [1.807, 2.05) is 6.92 Å². The van der Waals surface area contributed by atoms with E-state index in [9.17, 15) is 5.11 Å². The van der Waals surface area contributed by atoms with E-state index in [0.717, 1.165) is 6.54 Å². The highest BCUT2D eigenvalue weighted by molar-refractivity contribution is 4.73. The Morgan fingerprint density at radius 3 is 2.25 bits per heavy atom. The van der Waals surface area contributed by atoms with Gasteiger partial charge in [0, 0.05) is 18.6 Å². The van der Waals surface area contributed by atoms with Crippen LogP contribution in [0.3, 0.4) is 0 Å². The number of aliphatic hydroxyl groups excluding tert-OH is 1. The van der Waals surface area contributed by atoms with Gasteiger partial charge in [0.25, 0.3) is 0 Å². The van der Waals surface area contributed by atoms with Crippen molar-refractivity contribution in [2.24, 2.45) is 0 Å². The summed E-state index contributed by atoms with van der Waals surface area (Å²) in [6, 6.07) is 0. The third kappa shape index (κ3) is 7.98. The zero-order chi connectivity index (χ0) is 9.61. The molecule has 12 heavy (non-hydrogen) atoms. The van der Waals surface area contributed by atoms with Crippen LogP contribution in [0.25, 0.3) is 0 Å². The molecule has 0 aromatic rings. The molecule has 0 fully saturated rings. The number of β-amino-alcohol motifs (C(OH)–C–C–N with tert-alkyl or cyclic N) is 1. The molecular weight excluding hydrogens is 152 g/mol. The van der Waals surface area contributed by atoms with Crippen LogP contribution in [0, 0.1) is 0 Å². The van der Waals surface area contributed by atoms with Gasteiger partial charge < -0.3 is 15.7 Å². The summed E-state index contributed by atoms with van der Waals surface area (Å²) in [7, 11) is 0. The van der Waals surface area contributed by atoms with Gasteiger partial charge in [0.2, 0.25) is 0 Å². The molecule has 0 aliphatic carbocycles. The molecular formula is C9H22N2O. The average molecular weight is 174 g/mol. The van der Waals surface area contributed by atoms with E-state index in [-0.39, 0.29) is 11.6 Å². The van der Waals surface area contributed by atoms with Crippen LogP contribution >= 0.6 is 0 Å². The smallest absolute Gasteiger partial charge is 0.0788 e. The second kappa shape index (κ2) is 5.51. The zero-order valence-electron chi connectivity index (χ0n) is 8.65. The van der Waals surface area contributed by atoms with Gasteiger partial charge >= 0.3 is 0 Å². The van der Waals surface area contributed by atoms with Gasteiger partial charge in [0.15, 0.2) is 0 Å². The fraction of sp³-hybridized carbons (Fsp3) is 1.00. The zero-order valence-corrected chi connectivity index (χ0v) is 8.65. The molecule has 0 spiro atoms. The molecule has 3 N–H and O–H groups in total. The molecule has 1 unspecified atom stereocenters. The summed E-state index contributed by atoms with van der Waals surface area (Å²) in [6.45, 7) is 10.5. The third-order valence-electron chi connectivity index (χ3n) is 1.50. The van der Waals surface area contributed by atoms with Crippen molar-refractivity contribution >= 4 is 0 Å². The normalized spacial score (nSPS) is 14.8. The maximum Gasteiger partial charge on any atom is 0.0788 e. The summed E-state index contributed by atoms with van der Waals surface area (Å²) in [5.74, 6) is 0. The number of hydrogen-bond acceptors (Lipinski definition) is 3. The van der Waals surface area contributed by atoms with Gasteiger partial charge in [-0.1, -0.05) is 6.92 Å². The van der Waals surface area contributed by atoms with Crippen LogP contribution < -0.4 is 10.6 Å². The lowest BCUT2D eigenvalue weighted by Crippen LogP contribution is -2.43. The first-order chi connectivity index (χ1) is 5.45. The first-order valence-electron chi connectivity index (χ1n) is 4.59. The Hall–Kier alpha value is -0.120. The van der Waals surface area contributed by atoms with E-state index in [0.29, 0.717) is 13.1 Å². The summed E-state index contributed by atoms with van der Waals surface area (Å²) >= 11 is 0. The number of aliphatic hydroxyl groups is 1. The van der Waals surface area contributed by atoms with Crippen molar-refractivity contribution in [1.82, 2.24) is 10.6 Å². The number of nitrogens with one attached hydrogen (secondary N) is 2. The first-order valence-corrected chi connectivity index (χ1v) is 4.59. The van der Waals surface area contributed by atoms with E-state index >= 15 is 0 Å². The topological polar surface area (TPSA) is 44.3 Å². The predicted octanol–water partition coefficient (Wildman–Crippen LogP) is 0.345. The maximum atomic E-state index is 9.42. The molecule has 0 saturated heterocycles. The Balaban J connectivity index is 3.37. The monoisotopic (exact) mass is 174 g/mol. The second-order valence-electron chi connectivity index (χ2n) is 4.09. The first kappa shape index (κ1) is 11.9. The Morgan fingerprint density at radius 1 is 1.25 bits per heavy atom.